The van der Waals surface area contributed by atoms with Crippen molar-refractivity contribution in [2.45, 2.75) is 11.4 Å². The molecule has 0 saturated carbocycles. The van der Waals surface area contributed by atoms with Crippen LogP contribution in [0.5, 0.6) is 0 Å². The number of sulfonamides is 1. The summed E-state index contributed by atoms with van der Waals surface area (Å²) in [7, 11) is -4.36. The fraction of sp³-hybridized carbons (Fsp3) is 0.0588. The van der Waals surface area contributed by atoms with Crippen LogP contribution in [0, 0.1) is 11.6 Å². The molecule has 0 saturated heterocycles. The highest BCUT2D eigenvalue weighted by Gasteiger charge is 2.23. The van der Waals surface area contributed by atoms with Crippen LogP contribution >= 0.6 is 0 Å². The van der Waals surface area contributed by atoms with Crippen molar-refractivity contribution in [3.05, 3.63) is 78.3 Å². The van der Waals surface area contributed by atoms with Crippen LogP contribution in [0.4, 0.5) is 8.78 Å². The first kappa shape index (κ1) is 17.1. The summed E-state index contributed by atoms with van der Waals surface area (Å²) in [5, 5.41) is 0. The number of benzene rings is 2. The smallest absolute Gasteiger partial charge is 0.240 e. The van der Waals surface area contributed by atoms with Crippen molar-refractivity contribution in [3.63, 3.8) is 0 Å². The van der Waals surface area contributed by atoms with Gasteiger partial charge in [0.2, 0.25) is 10.0 Å². The van der Waals surface area contributed by atoms with Crippen LogP contribution in [0.2, 0.25) is 0 Å². The molecule has 8 heteroatoms. The SMILES string of the molecule is O=S(=O)(NCc1cc(-c2ccccc2)ncn1)c1c(F)cccc1F. The molecule has 0 fully saturated rings. The van der Waals surface area contributed by atoms with Crippen molar-refractivity contribution in [3.8, 4) is 11.3 Å². The van der Waals surface area contributed by atoms with E-state index in [0.717, 1.165) is 23.8 Å². The van der Waals surface area contributed by atoms with Crippen molar-refractivity contribution in [1.82, 2.24) is 14.7 Å². The molecule has 0 aliphatic carbocycles. The zero-order valence-electron chi connectivity index (χ0n) is 12.9. The number of rotatable bonds is 5. The van der Waals surface area contributed by atoms with Gasteiger partial charge >= 0.3 is 0 Å². The molecule has 1 N–H and O–H groups in total. The Morgan fingerprint density at radius 2 is 1.60 bits per heavy atom. The predicted octanol–water partition coefficient (Wildman–Crippen LogP) is 2.90. The van der Waals surface area contributed by atoms with Gasteiger partial charge in [0.15, 0.2) is 4.90 Å². The highest BCUT2D eigenvalue weighted by molar-refractivity contribution is 7.89. The van der Waals surface area contributed by atoms with Crippen LogP contribution in [0.3, 0.4) is 0 Å². The van der Waals surface area contributed by atoms with Gasteiger partial charge in [-0.2, -0.15) is 0 Å². The Balaban J connectivity index is 1.82. The molecule has 1 heterocycles. The Kier molecular flexibility index (Phi) is 4.82. The molecule has 5 nitrogen and oxygen atoms in total. The monoisotopic (exact) mass is 361 g/mol. The molecule has 3 rings (SSSR count). The quantitative estimate of drug-likeness (QED) is 0.758. The number of halogens is 2. The second-order valence-corrected chi connectivity index (χ2v) is 6.84. The summed E-state index contributed by atoms with van der Waals surface area (Å²) in [5.74, 6) is -2.31. The van der Waals surface area contributed by atoms with E-state index in [0.29, 0.717) is 11.4 Å². The maximum Gasteiger partial charge on any atom is 0.246 e. The standard InChI is InChI=1S/C17H13F2N3O2S/c18-14-7-4-8-15(19)17(14)25(23,24)22-10-13-9-16(21-11-20-13)12-5-2-1-3-6-12/h1-9,11,22H,10H2. The molecule has 0 unspecified atom stereocenters. The highest BCUT2D eigenvalue weighted by Crippen LogP contribution is 2.19. The predicted molar refractivity (Wildman–Crippen MR) is 87.9 cm³/mol. The molecule has 0 radical (unpaired) electrons. The van der Waals surface area contributed by atoms with E-state index >= 15 is 0 Å². The first-order valence-corrected chi connectivity index (χ1v) is 8.76. The summed E-state index contributed by atoms with van der Waals surface area (Å²) in [6.45, 7) is -0.224. The number of hydrogen-bond acceptors (Lipinski definition) is 4. The van der Waals surface area contributed by atoms with Crippen molar-refractivity contribution in [1.29, 1.82) is 0 Å². The molecular weight excluding hydrogens is 348 g/mol. The highest BCUT2D eigenvalue weighted by atomic mass is 32.2. The molecule has 0 aliphatic heterocycles. The molecule has 128 valence electrons. The lowest BCUT2D eigenvalue weighted by molar-refractivity contribution is 0.513. The number of nitrogens with zero attached hydrogens (tertiary/aromatic N) is 2. The second-order valence-electron chi connectivity index (χ2n) is 5.14. The van der Waals surface area contributed by atoms with Crippen LogP contribution < -0.4 is 4.72 Å². The topological polar surface area (TPSA) is 72.0 Å². The Morgan fingerprint density at radius 3 is 2.28 bits per heavy atom. The lowest BCUT2D eigenvalue weighted by atomic mass is 10.1. The van der Waals surface area contributed by atoms with Crippen LogP contribution in [-0.2, 0) is 16.6 Å². The van der Waals surface area contributed by atoms with Gasteiger partial charge < -0.3 is 0 Å². The van der Waals surface area contributed by atoms with Gasteiger partial charge in [-0.25, -0.2) is 31.9 Å². The fourth-order valence-electron chi connectivity index (χ4n) is 2.24. The number of aromatic nitrogens is 2. The minimum absolute atomic E-state index is 0.224. The molecule has 0 spiro atoms. The van der Waals surface area contributed by atoms with Gasteiger partial charge in [0.25, 0.3) is 0 Å². The van der Waals surface area contributed by atoms with E-state index in [1.807, 2.05) is 30.3 Å². The molecule has 2 aromatic carbocycles. The second kappa shape index (κ2) is 7.04. The zero-order chi connectivity index (χ0) is 17.9. The molecule has 1 aromatic heterocycles. The summed E-state index contributed by atoms with van der Waals surface area (Å²) in [5.41, 5.74) is 1.82. The summed E-state index contributed by atoms with van der Waals surface area (Å²) in [4.78, 5) is 7.11. The average Bonchev–Trinajstić information content (AvgIpc) is 2.61. The minimum atomic E-state index is -4.36. The third kappa shape index (κ3) is 3.86. The largest absolute Gasteiger partial charge is 0.246 e. The molecule has 3 aromatic rings. The minimum Gasteiger partial charge on any atom is -0.240 e. The van der Waals surface area contributed by atoms with E-state index in [9.17, 15) is 17.2 Å². The molecule has 25 heavy (non-hydrogen) atoms. The van der Waals surface area contributed by atoms with Gasteiger partial charge in [-0.15, -0.1) is 0 Å². The van der Waals surface area contributed by atoms with Gasteiger partial charge in [-0.3, -0.25) is 0 Å². The molecular formula is C17H13F2N3O2S. The van der Waals surface area contributed by atoms with E-state index in [2.05, 4.69) is 14.7 Å². The van der Waals surface area contributed by atoms with Gasteiger partial charge in [0, 0.05) is 5.56 Å². The normalized spacial score (nSPS) is 11.4. The lowest BCUT2D eigenvalue weighted by Crippen LogP contribution is -2.25. The number of hydrogen-bond donors (Lipinski definition) is 1. The average molecular weight is 361 g/mol. The van der Waals surface area contributed by atoms with E-state index < -0.39 is 26.6 Å². The summed E-state index contributed by atoms with van der Waals surface area (Å²) in [6.07, 6.45) is 1.30. The van der Waals surface area contributed by atoms with Crippen molar-refractivity contribution >= 4 is 10.0 Å². The van der Waals surface area contributed by atoms with E-state index in [1.165, 1.54) is 6.33 Å². The van der Waals surface area contributed by atoms with E-state index in [-0.39, 0.29) is 6.54 Å². The third-order valence-electron chi connectivity index (χ3n) is 3.42. The van der Waals surface area contributed by atoms with Crippen molar-refractivity contribution in [2.24, 2.45) is 0 Å². The molecule has 0 aliphatic rings. The zero-order valence-corrected chi connectivity index (χ0v) is 13.7. The molecule has 0 amide bonds. The molecule has 0 bridgehead atoms. The maximum absolute atomic E-state index is 13.7. The van der Waals surface area contributed by atoms with Crippen molar-refractivity contribution in [2.75, 3.05) is 0 Å². The van der Waals surface area contributed by atoms with Crippen LogP contribution in [0.1, 0.15) is 5.69 Å². The van der Waals surface area contributed by atoms with Gasteiger partial charge in [0.05, 0.1) is 17.9 Å². The fourth-order valence-corrected chi connectivity index (χ4v) is 3.37. The number of nitrogens with one attached hydrogen (secondary N) is 1. The maximum atomic E-state index is 13.7. The van der Waals surface area contributed by atoms with E-state index in [1.54, 1.807) is 6.07 Å². The lowest BCUT2D eigenvalue weighted by Gasteiger charge is -2.09. The van der Waals surface area contributed by atoms with E-state index in [4.69, 9.17) is 0 Å². The van der Waals surface area contributed by atoms with Crippen molar-refractivity contribution < 1.29 is 17.2 Å². The summed E-state index contributed by atoms with van der Waals surface area (Å²) >= 11 is 0. The van der Waals surface area contributed by atoms with Gasteiger partial charge in [-0.1, -0.05) is 36.4 Å². The summed E-state index contributed by atoms with van der Waals surface area (Å²) < 4.78 is 53.8. The third-order valence-corrected chi connectivity index (χ3v) is 4.88. The summed E-state index contributed by atoms with van der Waals surface area (Å²) in [6, 6.07) is 13.7. The van der Waals surface area contributed by atoms with Crippen LogP contribution in [0.15, 0.2) is 65.8 Å². The van der Waals surface area contributed by atoms with Crippen LogP contribution in [-0.4, -0.2) is 18.4 Å². The Hall–Kier alpha value is -2.71. The molecule has 0 atom stereocenters. The first-order chi connectivity index (χ1) is 12.0. The van der Waals surface area contributed by atoms with Gasteiger partial charge in [-0.05, 0) is 18.2 Å². The Morgan fingerprint density at radius 1 is 0.920 bits per heavy atom. The first-order valence-electron chi connectivity index (χ1n) is 7.27. The van der Waals surface area contributed by atoms with Crippen LogP contribution in [0.25, 0.3) is 11.3 Å². The van der Waals surface area contributed by atoms with Gasteiger partial charge in [0.1, 0.15) is 18.0 Å². The Bertz CT molecular complexity index is 976. The Labute approximate surface area is 143 Å².